The van der Waals surface area contributed by atoms with Gasteiger partial charge in [-0.05, 0) is 25.5 Å². The summed E-state index contributed by atoms with van der Waals surface area (Å²) in [4.78, 5) is 16.7. The normalized spacial score (nSPS) is 11.0. The van der Waals surface area contributed by atoms with Gasteiger partial charge in [-0.15, -0.1) is 0 Å². The smallest absolute Gasteiger partial charge is 0.231 e. The van der Waals surface area contributed by atoms with E-state index < -0.39 is 0 Å². The van der Waals surface area contributed by atoms with Crippen LogP contribution in [-0.4, -0.2) is 30.1 Å². The molecule has 4 aromatic rings. The molecule has 0 saturated heterocycles. The van der Waals surface area contributed by atoms with E-state index >= 15 is 0 Å². The van der Waals surface area contributed by atoms with Gasteiger partial charge in [-0.1, -0.05) is 19.1 Å². The Labute approximate surface area is 144 Å². The van der Waals surface area contributed by atoms with Crippen molar-refractivity contribution in [2.24, 2.45) is 0 Å². The van der Waals surface area contributed by atoms with E-state index in [1.165, 1.54) is 0 Å². The predicted octanol–water partition coefficient (Wildman–Crippen LogP) is 3.43. The molecule has 8 heteroatoms. The molecule has 0 spiro atoms. The van der Waals surface area contributed by atoms with Gasteiger partial charge in [0.25, 0.3) is 0 Å². The molecule has 0 atom stereocenters. The molecule has 8 nitrogen and oxygen atoms in total. The van der Waals surface area contributed by atoms with Gasteiger partial charge < -0.3 is 10.3 Å². The van der Waals surface area contributed by atoms with Crippen molar-refractivity contribution in [3.8, 4) is 0 Å². The van der Waals surface area contributed by atoms with Gasteiger partial charge in [-0.3, -0.25) is 10.4 Å². The molecule has 3 aromatic heterocycles. The number of nitrogens with zero attached hydrogens (tertiary/aromatic N) is 4. The molecule has 0 amide bonds. The number of para-hydroxylation sites is 2. The molecule has 0 aliphatic heterocycles. The van der Waals surface area contributed by atoms with Crippen LogP contribution in [-0.2, 0) is 6.42 Å². The average Bonchev–Trinajstić information content (AvgIpc) is 3.19. The topological polar surface area (TPSA) is 107 Å². The lowest BCUT2D eigenvalue weighted by molar-refractivity contribution is 0.998. The van der Waals surface area contributed by atoms with E-state index in [4.69, 9.17) is 0 Å². The third-order valence-corrected chi connectivity index (χ3v) is 3.72. The summed E-state index contributed by atoms with van der Waals surface area (Å²) in [5.74, 6) is 2.48. The van der Waals surface area contributed by atoms with Crippen molar-refractivity contribution in [1.82, 2.24) is 30.1 Å². The minimum absolute atomic E-state index is 0.480. The highest BCUT2D eigenvalue weighted by Gasteiger charge is 2.08. The lowest BCUT2D eigenvalue weighted by Crippen LogP contribution is -2.04. The summed E-state index contributed by atoms with van der Waals surface area (Å²) in [5.41, 5.74) is 3.75. The van der Waals surface area contributed by atoms with Crippen LogP contribution in [0.5, 0.6) is 0 Å². The van der Waals surface area contributed by atoms with Crippen LogP contribution in [0.4, 0.5) is 23.5 Å². The number of anilines is 4. The number of H-pyrrole nitrogens is 2. The molecule has 0 radical (unpaired) electrons. The zero-order valence-electron chi connectivity index (χ0n) is 14.0. The predicted molar refractivity (Wildman–Crippen MR) is 97.4 cm³/mol. The summed E-state index contributed by atoms with van der Waals surface area (Å²) >= 11 is 0. The summed E-state index contributed by atoms with van der Waals surface area (Å²) in [7, 11) is 0. The van der Waals surface area contributed by atoms with Crippen LogP contribution >= 0.6 is 0 Å². The first-order valence-electron chi connectivity index (χ1n) is 8.08. The number of benzene rings is 1. The third kappa shape index (κ3) is 3.27. The zero-order chi connectivity index (χ0) is 17.2. The lowest BCUT2D eigenvalue weighted by Gasteiger charge is -2.08. The number of aromatic amines is 2. The second-order valence-corrected chi connectivity index (χ2v) is 5.71. The molecular formula is C17H18N8. The minimum atomic E-state index is 0.480. The Balaban J connectivity index is 1.62. The Morgan fingerprint density at radius 3 is 2.64 bits per heavy atom. The van der Waals surface area contributed by atoms with Crippen molar-refractivity contribution in [1.29, 1.82) is 0 Å². The standard InChI is InChI=1S/C17H18N8/c1-3-11-9-14(21-15-8-10(2)24-25-15)22-16(18-11)23-17-19-12-6-4-5-7-13(12)20-17/h4-9H,3H2,1-2H3,(H4,18,19,20,21,22,23,24,25). The molecule has 4 rings (SSSR count). The van der Waals surface area contributed by atoms with Crippen molar-refractivity contribution in [2.75, 3.05) is 10.6 Å². The van der Waals surface area contributed by atoms with Gasteiger partial charge >= 0.3 is 0 Å². The van der Waals surface area contributed by atoms with Gasteiger partial charge in [0.1, 0.15) is 5.82 Å². The van der Waals surface area contributed by atoms with Crippen molar-refractivity contribution in [2.45, 2.75) is 20.3 Å². The van der Waals surface area contributed by atoms with Crippen LogP contribution < -0.4 is 10.6 Å². The van der Waals surface area contributed by atoms with Crippen LogP contribution in [0.25, 0.3) is 11.0 Å². The summed E-state index contributed by atoms with van der Waals surface area (Å²) in [6.45, 7) is 4.00. The van der Waals surface area contributed by atoms with E-state index in [-0.39, 0.29) is 0 Å². The van der Waals surface area contributed by atoms with E-state index in [1.807, 2.05) is 43.3 Å². The fourth-order valence-corrected chi connectivity index (χ4v) is 2.53. The average molecular weight is 334 g/mol. The number of aryl methyl sites for hydroxylation is 2. The highest BCUT2D eigenvalue weighted by molar-refractivity contribution is 5.77. The summed E-state index contributed by atoms with van der Waals surface area (Å²) in [6, 6.07) is 11.7. The molecule has 0 aliphatic rings. The van der Waals surface area contributed by atoms with Crippen molar-refractivity contribution in [3.63, 3.8) is 0 Å². The largest absolute Gasteiger partial charge is 0.324 e. The fourth-order valence-electron chi connectivity index (χ4n) is 2.53. The van der Waals surface area contributed by atoms with Gasteiger partial charge in [0.15, 0.2) is 5.82 Å². The second kappa shape index (κ2) is 6.23. The van der Waals surface area contributed by atoms with E-state index in [0.717, 1.165) is 28.8 Å². The minimum Gasteiger partial charge on any atom is -0.324 e. The number of fused-ring (bicyclic) bond motifs is 1. The zero-order valence-corrected chi connectivity index (χ0v) is 14.0. The fraction of sp³-hybridized carbons (Fsp3) is 0.176. The molecule has 126 valence electrons. The van der Waals surface area contributed by atoms with E-state index in [1.54, 1.807) is 0 Å². The molecule has 4 N–H and O–H groups in total. The monoisotopic (exact) mass is 334 g/mol. The van der Waals surface area contributed by atoms with Crippen LogP contribution in [0.1, 0.15) is 18.3 Å². The molecule has 0 unspecified atom stereocenters. The van der Waals surface area contributed by atoms with E-state index in [2.05, 4.69) is 47.7 Å². The van der Waals surface area contributed by atoms with Gasteiger partial charge in [0.2, 0.25) is 11.9 Å². The summed E-state index contributed by atoms with van der Waals surface area (Å²) < 4.78 is 0. The first-order chi connectivity index (χ1) is 12.2. The molecule has 1 aromatic carbocycles. The number of aromatic nitrogens is 6. The quantitative estimate of drug-likeness (QED) is 0.445. The van der Waals surface area contributed by atoms with Crippen molar-refractivity contribution >= 4 is 34.6 Å². The van der Waals surface area contributed by atoms with Gasteiger partial charge in [0.05, 0.1) is 11.0 Å². The van der Waals surface area contributed by atoms with Gasteiger partial charge in [-0.25, -0.2) is 9.97 Å². The highest BCUT2D eigenvalue weighted by Crippen LogP contribution is 2.19. The van der Waals surface area contributed by atoms with Crippen LogP contribution in [0.3, 0.4) is 0 Å². The van der Waals surface area contributed by atoms with Gasteiger partial charge in [0, 0.05) is 23.5 Å². The van der Waals surface area contributed by atoms with E-state index in [9.17, 15) is 0 Å². The molecule has 0 bridgehead atoms. The van der Waals surface area contributed by atoms with Crippen LogP contribution in [0.15, 0.2) is 36.4 Å². The van der Waals surface area contributed by atoms with E-state index in [0.29, 0.717) is 23.5 Å². The maximum absolute atomic E-state index is 4.51. The van der Waals surface area contributed by atoms with Gasteiger partial charge in [-0.2, -0.15) is 10.1 Å². The Kier molecular flexibility index (Phi) is 3.77. The highest BCUT2D eigenvalue weighted by atomic mass is 15.2. The molecule has 0 saturated carbocycles. The van der Waals surface area contributed by atoms with Crippen LogP contribution in [0.2, 0.25) is 0 Å². The first kappa shape index (κ1) is 15.1. The maximum Gasteiger partial charge on any atom is 0.231 e. The second-order valence-electron chi connectivity index (χ2n) is 5.71. The molecule has 3 heterocycles. The summed E-state index contributed by atoms with van der Waals surface area (Å²) in [6.07, 6.45) is 0.797. The molecule has 0 fully saturated rings. The Hall–Kier alpha value is -3.42. The number of hydrogen-bond donors (Lipinski definition) is 4. The van der Waals surface area contributed by atoms with Crippen molar-refractivity contribution in [3.05, 3.63) is 47.8 Å². The maximum atomic E-state index is 4.51. The van der Waals surface area contributed by atoms with Crippen LogP contribution in [0, 0.1) is 6.92 Å². The molecule has 25 heavy (non-hydrogen) atoms. The molecule has 0 aliphatic carbocycles. The number of hydrogen-bond acceptors (Lipinski definition) is 6. The molecular weight excluding hydrogens is 316 g/mol. The first-order valence-corrected chi connectivity index (χ1v) is 8.08. The lowest BCUT2D eigenvalue weighted by atomic mass is 10.3. The third-order valence-electron chi connectivity index (χ3n) is 3.72. The Morgan fingerprint density at radius 1 is 1.00 bits per heavy atom. The Bertz CT molecular complexity index is 983. The number of rotatable bonds is 5. The van der Waals surface area contributed by atoms with Crippen molar-refractivity contribution < 1.29 is 0 Å². The SMILES string of the molecule is CCc1cc(Nc2cc(C)[nH]n2)nc(Nc2nc3ccccc3[nH]2)n1. The number of imidazole rings is 1. The summed E-state index contributed by atoms with van der Waals surface area (Å²) in [5, 5.41) is 13.4. The number of nitrogens with one attached hydrogen (secondary N) is 4. The Morgan fingerprint density at radius 2 is 1.88 bits per heavy atom.